The molecule has 0 saturated heterocycles. The van der Waals surface area contributed by atoms with Gasteiger partial charge in [0.25, 0.3) is 0 Å². The summed E-state index contributed by atoms with van der Waals surface area (Å²) in [6.45, 7) is 13.7. The second kappa shape index (κ2) is 12.9. The molecule has 0 aliphatic heterocycles. The standard InChI is InChI=1S/C31H42N4O2/c1-6-20-35(21-7-2)25-15-11-23(12-16-25)29-30(24-13-17-26(18-14-24)36-9-4)33-34-31(32-29)37-28-19-10-22(5)27(28)8-3/h11-18,22,27-28H,6-10,19-21H2,1-5H3. The molecular formula is C31H42N4O2. The predicted molar refractivity (Wildman–Crippen MR) is 151 cm³/mol. The van der Waals surface area contributed by atoms with E-state index < -0.39 is 0 Å². The zero-order chi connectivity index (χ0) is 26.2. The van der Waals surface area contributed by atoms with Gasteiger partial charge in [-0.1, -0.05) is 44.9 Å². The highest BCUT2D eigenvalue weighted by atomic mass is 16.5. The maximum absolute atomic E-state index is 6.37. The highest BCUT2D eigenvalue weighted by Gasteiger charge is 2.34. The van der Waals surface area contributed by atoms with Gasteiger partial charge in [0, 0.05) is 29.9 Å². The summed E-state index contributed by atoms with van der Waals surface area (Å²) in [7, 11) is 0. The molecule has 3 unspecified atom stereocenters. The van der Waals surface area contributed by atoms with Crippen molar-refractivity contribution in [1.29, 1.82) is 0 Å². The predicted octanol–water partition coefficient (Wildman–Crippen LogP) is 7.43. The smallest absolute Gasteiger partial charge is 0.336 e. The van der Waals surface area contributed by atoms with E-state index in [1.54, 1.807) is 0 Å². The van der Waals surface area contributed by atoms with E-state index in [9.17, 15) is 0 Å². The number of nitrogens with zero attached hydrogens (tertiary/aromatic N) is 4. The third-order valence-electron chi connectivity index (χ3n) is 7.44. The molecule has 0 N–H and O–H groups in total. The van der Waals surface area contributed by atoms with Gasteiger partial charge in [-0.25, -0.2) is 0 Å². The van der Waals surface area contributed by atoms with Crippen LogP contribution >= 0.6 is 0 Å². The molecule has 198 valence electrons. The van der Waals surface area contributed by atoms with Gasteiger partial charge in [-0.3, -0.25) is 0 Å². The van der Waals surface area contributed by atoms with Crippen LogP contribution in [-0.4, -0.2) is 41.0 Å². The average Bonchev–Trinajstić information content (AvgIpc) is 3.28. The van der Waals surface area contributed by atoms with E-state index in [4.69, 9.17) is 14.5 Å². The molecule has 1 aromatic heterocycles. The van der Waals surface area contributed by atoms with Crippen LogP contribution in [0.15, 0.2) is 48.5 Å². The Kier molecular flexibility index (Phi) is 9.37. The molecule has 3 atom stereocenters. The SMILES string of the molecule is CCCN(CCC)c1ccc(-c2nc(OC3CCC(C)C3CC)nnc2-c2ccc(OCC)cc2)cc1. The average molecular weight is 503 g/mol. The first-order chi connectivity index (χ1) is 18.1. The summed E-state index contributed by atoms with van der Waals surface area (Å²) in [5.74, 6) is 2.03. The molecule has 6 nitrogen and oxygen atoms in total. The molecule has 1 heterocycles. The van der Waals surface area contributed by atoms with Crippen LogP contribution in [0.3, 0.4) is 0 Å². The normalized spacial score (nSPS) is 19.1. The van der Waals surface area contributed by atoms with E-state index in [1.165, 1.54) is 12.1 Å². The molecule has 0 spiro atoms. The molecule has 4 rings (SSSR count). The van der Waals surface area contributed by atoms with Crippen molar-refractivity contribution < 1.29 is 9.47 Å². The van der Waals surface area contributed by atoms with Crippen LogP contribution in [0.2, 0.25) is 0 Å². The molecule has 0 radical (unpaired) electrons. The van der Waals surface area contributed by atoms with Gasteiger partial charge in [0.1, 0.15) is 23.2 Å². The Morgan fingerprint density at radius 2 is 1.46 bits per heavy atom. The van der Waals surface area contributed by atoms with Gasteiger partial charge in [-0.05, 0) is 87.3 Å². The number of aromatic nitrogens is 3. The van der Waals surface area contributed by atoms with Crippen molar-refractivity contribution in [3.8, 4) is 34.3 Å². The first kappa shape index (κ1) is 26.9. The topological polar surface area (TPSA) is 60.4 Å². The lowest BCUT2D eigenvalue weighted by atomic mass is 9.94. The molecule has 0 amide bonds. The summed E-state index contributed by atoms with van der Waals surface area (Å²) in [4.78, 5) is 7.38. The molecule has 6 heteroatoms. The fourth-order valence-corrected chi connectivity index (χ4v) is 5.54. The Labute approximate surface area is 222 Å². The van der Waals surface area contributed by atoms with E-state index in [1.807, 2.05) is 31.2 Å². The lowest BCUT2D eigenvalue weighted by Crippen LogP contribution is -2.25. The molecule has 1 aliphatic rings. The van der Waals surface area contributed by atoms with Crippen molar-refractivity contribution in [2.45, 2.75) is 72.8 Å². The Morgan fingerprint density at radius 3 is 2.08 bits per heavy atom. The summed E-state index contributed by atoms with van der Waals surface area (Å²) in [6.07, 6.45) is 5.71. The lowest BCUT2D eigenvalue weighted by molar-refractivity contribution is 0.128. The van der Waals surface area contributed by atoms with E-state index in [-0.39, 0.29) is 6.10 Å². The summed E-state index contributed by atoms with van der Waals surface area (Å²) in [5, 5.41) is 9.07. The van der Waals surface area contributed by atoms with Gasteiger partial charge in [-0.2, -0.15) is 4.98 Å². The third-order valence-corrected chi connectivity index (χ3v) is 7.44. The number of benzene rings is 2. The number of hydrogen-bond acceptors (Lipinski definition) is 6. The molecule has 3 aromatic rings. The van der Waals surface area contributed by atoms with Gasteiger partial charge in [-0.15, -0.1) is 5.10 Å². The van der Waals surface area contributed by atoms with E-state index >= 15 is 0 Å². The molecule has 0 bridgehead atoms. The maximum Gasteiger partial charge on any atom is 0.336 e. The Balaban J connectivity index is 1.69. The monoisotopic (exact) mass is 502 g/mol. The molecule has 2 aromatic carbocycles. The minimum absolute atomic E-state index is 0.144. The quantitative estimate of drug-likeness (QED) is 0.257. The van der Waals surface area contributed by atoms with Gasteiger partial charge in [0.2, 0.25) is 0 Å². The molecule has 1 saturated carbocycles. The second-order valence-corrected chi connectivity index (χ2v) is 10.1. The highest BCUT2D eigenvalue weighted by molar-refractivity contribution is 5.78. The number of hydrogen-bond donors (Lipinski definition) is 0. The van der Waals surface area contributed by atoms with Crippen molar-refractivity contribution in [1.82, 2.24) is 15.2 Å². The summed E-state index contributed by atoms with van der Waals surface area (Å²) >= 11 is 0. The first-order valence-electron chi connectivity index (χ1n) is 14.1. The Morgan fingerprint density at radius 1 is 0.811 bits per heavy atom. The van der Waals surface area contributed by atoms with Crippen LogP contribution in [0.4, 0.5) is 5.69 Å². The molecule has 1 aliphatic carbocycles. The van der Waals surface area contributed by atoms with Crippen molar-refractivity contribution in [2.75, 3.05) is 24.6 Å². The largest absolute Gasteiger partial charge is 0.494 e. The van der Waals surface area contributed by atoms with Crippen LogP contribution < -0.4 is 14.4 Å². The van der Waals surface area contributed by atoms with Gasteiger partial charge >= 0.3 is 6.01 Å². The zero-order valence-electron chi connectivity index (χ0n) is 23.1. The first-order valence-corrected chi connectivity index (χ1v) is 14.1. The van der Waals surface area contributed by atoms with Crippen LogP contribution in [-0.2, 0) is 0 Å². The highest BCUT2D eigenvalue weighted by Crippen LogP contribution is 2.37. The van der Waals surface area contributed by atoms with Crippen LogP contribution in [0, 0.1) is 11.8 Å². The zero-order valence-corrected chi connectivity index (χ0v) is 23.1. The van der Waals surface area contributed by atoms with Crippen LogP contribution in [0.5, 0.6) is 11.8 Å². The van der Waals surface area contributed by atoms with Gasteiger partial charge < -0.3 is 14.4 Å². The van der Waals surface area contributed by atoms with E-state index in [0.29, 0.717) is 24.5 Å². The van der Waals surface area contributed by atoms with E-state index in [0.717, 1.165) is 67.0 Å². The lowest BCUT2D eigenvalue weighted by Gasteiger charge is -2.24. The van der Waals surface area contributed by atoms with Crippen molar-refractivity contribution in [3.63, 3.8) is 0 Å². The van der Waals surface area contributed by atoms with E-state index in [2.05, 4.69) is 67.1 Å². The molecular weight excluding hydrogens is 460 g/mol. The van der Waals surface area contributed by atoms with Gasteiger partial charge in [0.05, 0.1) is 6.61 Å². The van der Waals surface area contributed by atoms with Crippen molar-refractivity contribution in [3.05, 3.63) is 48.5 Å². The fraction of sp³-hybridized carbons (Fsp3) is 0.516. The Bertz CT molecular complexity index is 1110. The number of ether oxygens (including phenoxy) is 2. The number of anilines is 1. The third kappa shape index (κ3) is 6.41. The van der Waals surface area contributed by atoms with Crippen molar-refractivity contribution >= 4 is 5.69 Å². The molecule has 1 fully saturated rings. The minimum atomic E-state index is 0.144. The van der Waals surface area contributed by atoms with Crippen molar-refractivity contribution in [2.24, 2.45) is 11.8 Å². The summed E-state index contributed by atoms with van der Waals surface area (Å²) in [6, 6.07) is 17.0. The Hall–Kier alpha value is -3.15. The van der Waals surface area contributed by atoms with Crippen LogP contribution in [0.1, 0.15) is 66.7 Å². The summed E-state index contributed by atoms with van der Waals surface area (Å²) in [5.41, 5.74) is 4.73. The second-order valence-electron chi connectivity index (χ2n) is 10.1. The van der Waals surface area contributed by atoms with Crippen LogP contribution in [0.25, 0.3) is 22.5 Å². The number of rotatable bonds is 12. The molecule has 37 heavy (non-hydrogen) atoms. The minimum Gasteiger partial charge on any atom is -0.494 e. The maximum atomic E-state index is 6.37. The summed E-state index contributed by atoms with van der Waals surface area (Å²) < 4.78 is 12.0. The fourth-order valence-electron chi connectivity index (χ4n) is 5.54. The van der Waals surface area contributed by atoms with Gasteiger partial charge in [0.15, 0.2) is 0 Å².